The monoisotopic (exact) mass is 575 g/mol. The molecule has 2 saturated heterocycles. The number of nitrogens with zero attached hydrogens (tertiary/aromatic N) is 1. The molecule has 11 heteroatoms. The molecule has 2 aliphatic rings. The summed E-state index contributed by atoms with van der Waals surface area (Å²) in [6.45, 7) is 12.5. The van der Waals surface area contributed by atoms with E-state index in [1.54, 1.807) is 20.8 Å². The molecule has 0 radical (unpaired) electrons. The molecule has 11 nitrogen and oxygen atoms in total. The molecule has 0 aromatic heterocycles. The molecule has 0 amide bonds. The number of likely N-dealkylation sites (N-methyl/N-ethyl adjacent to an activating group) is 1. The number of ketones is 1. The zero-order valence-electron chi connectivity index (χ0n) is 25.8. The zero-order chi connectivity index (χ0) is 30.9. The van der Waals surface area contributed by atoms with Crippen molar-refractivity contribution in [2.24, 2.45) is 23.7 Å². The predicted molar refractivity (Wildman–Crippen MR) is 147 cm³/mol. The quantitative estimate of drug-likeness (QED) is 0.302. The lowest BCUT2D eigenvalue weighted by Crippen LogP contribution is -2.60. The third kappa shape index (κ3) is 7.42. The van der Waals surface area contributed by atoms with Gasteiger partial charge in [-0.25, -0.2) is 0 Å². The van der Waals surface area contributed by atoms with Crippen LogP contribution in [0.15, 0.2) is 0 Å². The molecular weight excluding hydrogens is 522 g/mol. The lowest BCUT2D eigenvalue weighted by molar-refractivity contribution is -0.299. The van der Waals surface area contributed by atoms with E-state index in [0.29, 0.717) is 6.42 Å². The standard InChI is InChI=1S/C29H53NO10/c1-11-20-29(8,37)24(34)16(4)21(31)14(2)13-28(7,36)25(17(5)22(32)18(6)26(35)39-20)40-27-23(33)19(30(9)10)12-15(3)38-27/h14-20,22-25,27,32-34,36-37H,11-13H2,1-10H3/t14-,15-,16+,17+,18-,19+,20-,22+,23-,24-,25-,27+,28-,29-/m1/s1. The van der Waals surface area contributed by atoms with Crippen molar-refractivity contribution in [3.8, 4) is 0 Å². The van der Waals surface area contributed by atoms with E-state index in [4.69, 9.17) is 14.2 Å². The first-order valence-corrected chi connectivity index (χ1v) is 14.5. The number of rotatable bonds is 4. The Labute approximate surface area is 238 Å². The van der Waals surface area contributed by atoms with Crippen LogP contribution in [-0.2, 0) is 23.8 Å². The number of carbonyl (C=O) groups is 2. The largest absolute Gasteiger partial charge is 0.459 e. The van der Waals surface area contributed by atoms with Gasteiger partial charge in [-0.3, -0.25) is 9.59 Å². The van der Waals surface area contributed by atoms with Crippen LogP contribution in [0, 0.1) is 23.7 Å². The van der Waals surface area contributed by atoms with Crippen molar-refractivity contribution in [2.45, 2.75) is 135 Å². The topological polar surface area (TPSA) is 166 Å². The van der Waals surface area contributed by atoms with E-state index in [9.17, 15) is 35.1 Å². The summed E-state index contributed by atoms with van der Waals surface area (Å²) < 4.78 is 17.8. The molecule has 0 unspecified atom stereocenters. The smallest absolute Gasteiger partial charge is 0.311 e. The first-order valence-electron chi connectivity index (χ1n) is 14.5. The summed E-state index contributed by atoms with van der Waals surface area (Å²) in [5.41, 5.74) is -3.68. The summed E-state index contributed by atoms with van der Waals surface area (Å²) in [6, 6.07) is -0.284. The number of hydrogen-bond donors (Lipinski definition) is 5. The summed E-state index contributed by atoms with van der Waals surface area (Å²) >= 11 is 0. The molecule has 0 aromatic rings. The highest BCUT2D eigenvalue weighted by molar-refractivity contribution is 5.83. The fraction of sp³-hybridized carbons (Fsp3) is 0.931. The first-order chi connectivity index (χ1) is 18.3. The molecule has 234 valence electrons. The van der Waals surface area contributed by atoms with Gasteiger partial charge in [0.25, 0.3) is 0 Å². The van der Waals surface area contributed by atoms with Crippen LogP contribution in [0.25, 0.3) is 0 Å². The molecule has 14 atom stereocenters. The summed E-state index contributed by atoms with van der Waals surface area (Å²) in [4.78, 5) is 28.4. The average Bonchev–Trinajstić information content (AvgIpc) is 2.87. The van der Waals surface area contributed by atoms with Crippen molar-refractivity contribution < 1.29 is 49.3 Å². The molecule has 40 heavy (non-hydrogen) atoms. The van der Waals surface area contributed by atoms with Gasteiger partial charge in [-0.05, 0) is 61.1 Å². The summed E-state index contributed by atoms with van der Waals surface area (Å²) in [6.07, 6.45) is -7.11. The molecule has 2 heterocycles. The van der Waals surface area contributed by atoms with Crippen LogP contribution >= 0.6 is 0 Å². The van der Waals surface area contributed by atoms with Crippen molar-refractivity contribution in [3.05, 3.63) is 0 Å². The van der Waals surface area contributed by atoms with Crippen LogP contribution < -0.4 is 0 Å². The minimum absolute atomic E-state index is 0.113. The molecular formula is C29H53NO10. The van der Waals surface area contributed by atoms with E-state index in [2.05, 4.69) is 0 Å². The molecule has 0 aliphatic carbocycles. The van der Waals surface area contributed by atoms with Gasteiger partial charge in [0.15, 0.2) is 6.29 Å². The summed E-state index contributed by atoms with van der Waals surface area (Å²) in [5.74, 6) is -5.00. The van der Waals surface area contributed by atoms with Crippen molar-refractivity contribution in [2.75, 3.05) is 14.1 Å². The Bertz CT molecular complexity index is 864. The lowest BCUT2D eigenvalue weighted by atomic mass is 9.74. The fourth-order valence-corrected chi connectivity index (χ4v) is 6.41. The maximum atomic E-state index is 13.4. The van der Waals surface area contributed by atoms with Crippen molar-refractivity contribution in [3.63, 3.8) is 0 Å². The molecule has 2 aliphatic heterocycles. The number of carbonyl (C=O) groups excluding carboxylic acids is 2. The van der Waals surface area contributed by atoms with Crippen molar-refractivity contribution in [1.82, 2.24) is 4.90 Å². The van der Waals surface area contributed by atoms with Gasteiger partial charge >= 0.3 is 5.97 Å². The highest BCUT2D eigenvalue weighted by Crippen LogP contribution is 2.37. The Kier molecular flexibility index (Phi) is 11.7. The Balaban J connectivity index is 2.55. The summed E-state index contributed by atoms with van der Waals surface area (Å²) in [7, 11) is 3.67. The van der Waals surface area contributed by atoms with Crippen molar-refractivity contribution >= 4 is 11.8 Å². The van der Waals surface area contributed by atoms with E-state index in [1.807, 2.05) is 25.9 Å². The van der Waals surface area contributed by atoms with Gasteiger partial charge in [0.05, 0.1) is 35.9 Å². The Morgan fingerprint density at radius 3 is 2.08 bits per heavy atom. The van der Waals surface area contributed by atoms with Gasteiger partial charge in [-0.2, -0.15) is 0 Å². The van der Waals surface area contributed by atoms with Gasteiger partial charge < -0.3 is 44.6 Å². The lowest BCUT2D eigenvalue weighted by Gasteiger charge is -2.47. The fourth-order valence-electron chi connectivity index (χ4n) is 6.41. The molecule has 0 bridgehead atoms. The van der Waals surface area contributed by atoms with Gasteiger partial charge in [-0.15, -0.1) is 0 Å². The van der Waals surface area contributed by atoms with Gasteiger partial charge in [0.2, 0.25) is 0 Å². The van der Waals surface area contributed by atoms with Crippen LogP contribution in [0.4, 0.5) is 0 Å². The van der Waals surface area contributed by atoms with Crippen LogP contribution in [0.1, 0.15) is 74.7 Å². The van der Waals surface area contributed by atoms with Crippen LogP contribution in [0.3, 0.4) is 0 Å². The highest BCUT2D eigenvalue weighted by atomic mass is 16.7. The van der Waals surface area contributed by atoms with E-state index < -0.39 is 83.4 Å². The number of ether oxygens (including phenoxy) is 3. The summed E-state index contributed by atoms with van der Waals surface area (Å²) in [5, 5.41) is 56.4. The predicted octanol–water partition coefficient (Wildman–Crippen LogP) is 0.860. The van der Waals surface area contributed by atoms with Gasteiger partial charge in [0, 0.05) is 23.8 Å². The zero-order valence-corrected chi connectivity index (χ0v) is 25.8. The third-order valence-corrected chi connectivity index (χ3v) is 9.08. The van der Waals surface area contributed by atoms with Gasteiger partial charge in [0.1, 0.15) is 23.6 Å². The maximum Gasteiger partial charge on any atom is 0.311 e. The minimum Gasteiger partial charge on any atom is -0.459 e. The van der Waals surface area contributed by atoms with Crippen LogP contribution in [-0.4, -0.2) is 116 Å². The number of esters is 1. The SMILES string of the molecule is CC[C@H]1OC(=O)[C@H](C)[C@@H](O)[C@H](C)[C@@H](O[C@@H]2O[C@H](C)C[C@H](N(C)C)[C@H]2O)[C@](C)(O)C[C@@H](C)C(=O)[C@H](C)[C@@H](O)[C@]1(C)O. The maximum absolute atomic E-state index is 13.4. The van der Waals surface area contributed by atoms with E-state index in [-0.39, 0.29) is 25.0 Å². The Morgan fingerprint density at radius 1 is 0.975 bits per heavy atom. The highest BCUT2D eigenvalue weighted by Gasteiger charge is 2.51. The third-order valence-electron chi connectivity index (χ3n) is 9.08. The number of Topliss-reactive ketones (excluding diaryl/α,β-unsaturated/α-hetero) is 1. The number of aliphatic hydroxyl groups is 5. The average molecular weight is 576 g/mol. The first kappa shape index (κ1) is 35.0. The second-order valence-corrected chi connectivity index (χ2v) is 12.9. The molecule has 0 aromatic carbocycles. The van der Waals surface area contributed by atoms with Crippen molar-refractivity contribution in [1.29, 1.82) is 0 Å². The number of aliphatic hydroxyl groups excluding tert-OH is 3. The number of cyclic esters (lactones) is 1. The van der Waals surface area contributed by atoms with E-state index in [1.165, 1.54) is 27.7 Å². The Morgan fingerprint density at radius 2 is 1.55 bits per heavy atom. The second kappa shape index (κ2) is 13.4. The Hall–Kier alpha value is -1.18. The second-order valence-electron chi connectivity index (χ2n) is 12.9. The molecule has 0 saturated carbocycles. The molecule has 2 fully saturated rings. The van der Waals surface area contributed by atoms with E-state index in [0.717, 1.165) is 0 Å². The normalized spacial score (nSPS) is 48.5. The minimum atomic E-state index is -1.94. The van der Waals surface area contributed by atoms with Crippen LogP contribution in [0.2, 0.25) is 0 Å². The van der Waals surface area contributed by atoms with E-state index >= 15 is 0 Å². The van der Waals surface area contributed by atoms with Crippen LogP contribution in [0.5, 0.6) is 0 Å². The van der Waals surface area contributed by atoms with Gasteiger partial charge in [-0.1, -0.05) is 27.7 Å². The molecule has 2 rings (SSSR count). The molecule has 0 spiro atoms. The molecule has 5 N–H and O–H groups in total. The number of hydrogen-bond acceptors (Lipinski definition) is 11.